The molecule has 3 rings (SSSR count). The number of aromatic nitrogens is 2. The lowest BCUT2D eigenvalue weighted by atomic mass is 10.0. The number of anilines is 1. The van der Waals surface area contributed by atoms with Gasteiger partial charge >= 0.3 is 0 Å². The van der Waals surface area contributed by atoms with Crippen molar-refractivity contribution in [3.8, 4) is 0 Å². The number of carbonyl (C=O) groups is 1. The van der Waals surface area contributed by atoms with Gasteiger partial charge in [-0.15, -0.1) is 0 Å². The third kappa shape index (κ3) is 3.37. The van der Waals surface area contributed by atoms with E-state index in [1.54, 1.807) is 36.8 Å². The second kappa shape index (κ2) is 6.83. The first-order valence-corrected chi connectivity index (χ1v) is 7.74. The zero-order valence-corrected chi connectivity index (χ0v) is 12.9. The topological polar surface area (TPSA) is 58.1 Å². The van der Waals surface area contributed by atoms with Crippen molar-refractivity contribution in [2.75, 3.05) is 11.4 Å². The fraction of sp³-hybridized carbons (Fsp3) is 0.353. The van der Waals surface area contributed by atoms with Crippen LogP contribution in [0.1, 0.15) is 31.5 Å². The number of para-hydroxylation sites is 1. The summed E-state index contributed by atoms with van der Waals surface area (Å²) in [6.07, 6.45) is 6.47. The van der Waals surface area contributed by atoms with Crippen LogP contribution >= 0.6 is 0 Å². The maximum atomic E-state index is 14.0. The first-order chi connectivity index (χ1) is 11.2. The van der Waals surface area contributed by atoms with Crippen LogP contribution in [0.5, 0.6) is 0 Å². The van der Waals surface area contributed by atoms with Crippen molar-refractivity contribution in [1.29, 1.82) is 0 Å². The molecule has 120 valence electrons. The number of piperidine rings is 1. The van der Waals surface area contributed by atoms with Crippen LogP contribution in [0.25, 0.3) is 0 Å². The van der Waals surface area contributed by atoms with Crippen molar-refractivity contribution in [1.82, 2.24) is 15.3 Å². The van der Waals surface area contributed by atoms with Gasteiger partial charge < -0.3 is 4.90 Å². The van der Waals surface area contributed by atoms with E-state index in [-0.39, 0.29) is 23.8 Å². The van der Waals surface area contributed by atoms with E-state index in [9.17, 15) is 9.18 Å². The van der Waals surface area contributed by atoms with Gasteiger partial charge in [-0.2, -0.15) is 0 Å². The summed E-state index contributed by atoms with van der Waals surface area (Å²) in [4.78, 5) is 22.5. The molecule has 1 aromatic heterocycles. The van der Waals surface area contributed by atoms with Crippen molar-refractivity contribution >= 4 is 11.6 Å². The number of amides is 1. The first-order valence-electron chi connectivity index (χ1n) is 7.74. The normalized spacial score (nSPS) is 19.7. The van der Waals surface area contributed by atoms with Gasteiger partial charge in [-0.1, -0.05) is 12.1 Å². The summed E-state index contributed by atoms with van der Waals surface area (Å²) in [6.45, 7) is 2.48. The Hall–Kier alpha value is -2.34. The predicted octanol–water partition coefficient (Wildman–Crippen LogP) is 2.46. The van der Waals surface area contributed by atoms with E-state index in [0.717, 1.165) is 18.5 Å². The summed E-state index contributed by atoms with van der Waals surface area (Å²) in [5.74, 6) is -0.472. The van der Waals surface area contributed by atoms with E-state index in [4.69, 9.17) is 0 Å². The van der Waals surface area contributed by atoms with E-state index in [0.29, 0.717) is 12.2 Å². The van der Waals surface area contributed by atoms with Gasteiger partial charge in [0.15, 0.2) is 0 Å². The quantitative estimate of drug-likeness (QED) is 0.942. The van der Waals surface area contributed by atoms with E-state index in [1.165, 1.54) is 11.0 Å². The molecule has 0 radical (unpaired) electrons. The molecular formula is C17H19FN4O. The number of nitrogens with one attached hydrogen (secondary N) is 1. The van der Waals surface area contributed by atoms with Crippen LogP contribution in [-0.4, -0.2) is 28.5 Å². The summed E-state index contributed by atoms with van der Waals surface area (Å²) in [5.41, 5.74) is 1.12. The first kappa shape index (κ1) is 15.6. The SMILES string of the molecule is CC(NC1CCCN(c2ccccc2F)C1=O)c1cnccn1. The molecule has 0 aliphatic carbocycles. The molecule has 0 bridgehead atoms. The molecule has 0 spiro atoms. The number of benzene rings is 1. The smallest absolute Gasteiger partial charge is 0.244 e. The van der Waals surface area contributed by atoms with E-state index in [1.807, 2.05) is 6.92 Å². The highest BCUT2D eigenvalue weighted by molar-refractivity contribution is 5.98. The van der Waals surface area contributed by atoms with Crippen molar-refractivity contribution in [3.05, 3.63) is 54.4 Å². The minimum Gasteiger partial charge on any atom is -0.308 e. The molecule has 2 unspecified atom stereocenters. The molecule has 1 N–H and O–H groups in total. The number of nitrogens with zero attached hydrogens (tertiary/aromatic N) is 3. The van der Waals surface area contributed by atoms with Gasteiger partial charge in [-0.25, -0.2) is 4.39 Å². The van der Waals surface area contributed by atoms with Gasteiger partial charge in [0.05, 0.1) is 17.4 Å². The Morgan fingerprint density at radius 1 is 1.35 bits per heavy atom. The molecule has 1 aliphatic heterocycles. The molecule has 2 aromatic rings. The highest BCUT2D eigenvalue weighted by atomic mass is 19.1. The van der Waals surface area contributed by atoms with Crippen molar-refractivity contribution < 1.29 is 9.18 Å². The summed E-state index contributed by atoms with van der Waals surface area (Å²) >= 11 is 0. The van der Waals surface area contributed by atoms with Crippen LogP contribution in [0, 0.1) is 5.82 Å². The molecule has 1 fully saturated rings. The van der Waals surface area contributed by atoms with Gasteiger partial charge in [0.25, 0.3) is 0 Å². The molecule has 5 nitrogen and oxygen atoms in total. The number of halogens is 1. The van der Waals surface area contributed by atoms with Crippen LogP contribution < -0.4 is 10.2 Å². The second-order valence-corrected chi connectivity index (χ2v) is 5.65. The average Bonchev–Trinajstić information content (AvgIpc) is 2.58. The molecule has 2 atom stereocenters. The average molecular weight is 314 g/mol. The van der Waals surface area contributed by atoms with Crippen LogP contribution in [0.3, 0.4) is 0 Å². The highest BCUT2D eigenvalue weighted by Crippen LogP contribution is 2.24. The maximum absolute atomic E-state index is 14.0. The highest BCUT2D eigenvalue weighted by Gasteiger charge is 2.31. The summed E-state index contributed by atoms with van der Waals surface area (Å²) in [7, 11) is 0. The van der Waals surface area contributed by atoms with Gasteiger partial charge in [0.2, 0.25) is 5.91 Å². The monoisotopic (exact) mass is 314 g/mol. The van der Waals surface area contributed by atoms with Crippen molar-refractivity contribution in [2.45, 2.75) is 31.8 Å². The van der Waals surface area contributed by atoms with Gasteiger partial charge in [0.1, 0.15) is 5.82 Å². The summed E-state index contributed by atoms with van der Waals surface area (Å²) in [6, 6.07) is 5.94. The molecule has 0 saturated carbocycles. The Labute approximate surface area is 134 Å². The van der Waals surface area contributed by atoms with Gasteiger partial charge in [0, 0.05) is 31.2 Å². The molecule has 1 aromatic carbocycles. The third-order valence-corrected chi connectivity index (χ3v) is 4.06. The molecule has 1 amide bonds. The molecular weight excluding hydrogens is 295 g/mol. The predicted molar refractivity (Wildman–Crippen MR) is 85.4 cm³/mol. The summed E-state index contributed by atoms with van der Waals surface area (Å²) < 4.78 is 14.0. The largest absolute Gasteiger partial charge is 0.308 e. The van der Waals surface area contributed by atoms with Crippen LogP contribution in [0.15, 0.2) is 42.9 Å². The number of rotatable bonds is 4. The maximum Gasteiger partial charge on any atom is 0.244 e. The number of carbonyl (C=O) groups excluding carboxylic acids is 1. The Kier molecular flexibility index (Phi) is 4.62. The van der Waals surface area contributed by atoms with Crippen molar-refractivity contribution in [2.24, 2.45) is 0 Å². The minimum atomic E-state index is -0.372. The molecule has 23 heavy (non-hydrogen) atoms. The number of hydrogen-bond donors (Lipinski definition) is 1. The third-order valence-electron chi connectivity index (χ3n) is 4.06. The van der Waals surface area contributed by atoms with Gasteiger partial charge in [-0.3, -0.25) is 20.1 Å². The lowest BCUT2D eigenvalue weighted by Gasteiger charge is -2.34. The Bertz CT molecular complexity index is 679. The van der Waals surface area contributed by atoms with Crippen LogP contribution in [-0.2, 0) is 4.79 Å². The van der Waals surface area contributed by atoms with E-state index < -0.39 is 0 Å². The van der Waals surface area contributed by atoms with E-state index in [2.05, 4.69) is 15.3 Å². The van der Waals surface area contributed by atoms with E-state index >= 15 is 0 Å². The second-order valence-electron chi connectivity index (χ2n) is 5.65. The van der Waals surface area contributed by atoms with Crippen LogP contribution in [0.2, 0.25) is 0 Å². The molecule has 2 heterocycles. The summed E-state index contributed by atoms with van der Waals surface area (Å²) in [5, 5.41) is 3.29. The minimum absolute atomic E-state index is 0.0989. The Morgan fingerprint density at radius 2 is 2.17 bits per heavy atom. The fourth-order valence-electron chi connectivity index (χ4n) is 2.86. The Morgan fingerprint density at radius 3 is 2.91 bits per heavy atom. The fourth-order valence-corrected chi connectivity index (χ4v) is 2.86. The standard InChI is InChI=1S/C17H19FN4O/c1-12(15-11-19-8-9-20-15)21-14-6-4-10-22(17(14)23)16-7-3-2-5-13(16)18/h2-3,5,7-9,11-12,14,21H,4,6,10H2,1H3. The molecule has 1 saturated heterocycles. The Balaban J connectivity index is 1.74. The zero-order valence-electron chi connectivity index (χ0n) is 12.9. The van der Waals surface area contributed by atoms with Crippen LogP contribution in [0.4, 0.5) is 10.1 Å². The zero-order chi connectivity index (χ0) is 16.2. The molecule has 6 heteroatoms. The lowest BCUT2D eigenvalue weighted by molar-refractivity contribution is -0.122. The van der Waals surface area contributed by atoms with Crippen molar-refractivity contribution in [3.63, 3.8) is 0 Å². The lowest BCUT2D eigenvalue weighted by Crippen LogP contribution is -2.51. The van der Waals surface area contributed by atoms with Gasteiger partial charge in [-0.05, 0) is 31.9 Å². The molecule has 1 aliphatic rings. The number of hydrogen-bond acceptors (Lipinski definition) is 4.